The minimum Gasteiger partial charge on any atom is -0.497 e. The van der Waals surface area contributed by atoms with Crippen LogP contribution in [0.3, 0.4) is 0 Å². The molecule has 0 saturated heterocycles. The standard InChI is InChI=1S/C21H20ClN3O4S/c1-28-15-6-4-5-13(9-15)19-12-20(25(24-19)30(3,26)27)17-10-14-7-8-16(29-2)11-18(14)23-21(17)22/h4-11,20H,12H2,1-3H3. The molecule has 0 spiro atoms. The summed E-state index contributed by atoms with van der Waals surface area (Å²) in [6.45, 7) is 0. The molecule has 0 N–H and O–H groups in total. The molecule has 1 unspecified atom stereocenters. The number of fused-ring (bicyclic) bond motifs is 1. The van der Waals surface area contributed by atoms with E-state index in [0.717, 1.165) is 21.6 Å². The molecule has 0 amide bonds. The maximum atomic E-state index is 12.5. The second-order valence-electron chi connectivity index (χ2n) is 6.96. The Labute approximate surface area is 179 Å². The molecular formula is C21H20ClN3O4S. The molecule has 1 aromatic heterocycles. The molecule has 1 aliphatic rings. The Morgan fingerprint density at radius 2 is 1.80 bits per heavy atom. The Balaban J connectivity index is 1.79. The molecule has 1 atom stereocenters. The monoisotopic (exact) mass is 445 g/mol. The largest absolute Gasteiger partial charge is 0.497 e. The Kier molecular flexibility index (Phi) is 5.29. The first-order valence-corrected chi connectivity index (χ1v) is 11.4. The van der Waals surface area contributed by atoms with Crippen molar-refractivity contribution in [2.75, 3.05) is 20.5 Å². The fraction of sp³-hybridized carbons (Fsp3) is 0.238. The van der Waals surface area contributed by atoms with E-state index in [0.29, 0.717) is 34.7 Å². The lowest BCUT2D eigenvalue weighted by atomic mass is 9.99. The molecule has 2 heterocycles. The highest BCUT2D eigenvalue weighted by molar-refractivity contribution is 7.88. The molecule has 1 aliphatic heterocycles. The fourth-order valence-corrected chi connectivity index (χ4v) is 4.67. The quantitative estimate of drug-likeness (QED) is 0.554. The van der Waals surface area contributed by atoms with Crippen LogP contribution < -0.4 is 9.47 Å². The number of rotatable bonds is 5. The van der Waals surface area contributed by atoms with Gasteiger partial charge in [-0.25, -0.2) is 13.4 Å². The molecule has 4 rings (SSSR count). The summed E-state index contributed by atoms with van der Waals surface area (Å²) in [7, 11) is -0.468. The average Bonchev–Trinajstić information content (AvgIpc) is 3.18. The molecule has 3 aromatic rings. The Bertz CT molecular complexity index is 1260. The third-order valence-corrected chi connectivity index (χ3v) is 6.30. The number of benzene rings is 2. The van der Waals surface area contributed by atoms with E-state index in [1.807, 2.05) is 42.5 Å². The second-order valence-corrected chi connectivity index (χ2v) is 9.16. The smallest absolute Gasteiger partial charge is 0.247 e. The maximum absolute atomic E-state index is 12.5. The van der Waals surface area contributed by atoms with Crippen LogP contribution >= 0.6 is 11.6 Å². The maximum Gasteiger partial charge on any atom is 0.247 e. The summed E-state index contributed by atoms with van der Waals surface area (Å²) in [6.07, 6.45) is 1.49. The number of nitrogens with zero attached hydrogens (tertiary/aromatic N) is 3. The van der Waals surface area contributed by atoms with Gasteiger partial charge in [-0.2, -0.15) is 9.52 Å². The first kappa shape index (κ1) is 20.4. The van der Waals surface area contributed by atoms with Crippen molar-refractivity contribution in [2.24, 2.45) is 5.10 Å². The number of aromatic nitrogens is 1. The van der Waals surface area contributed by atoms with Crippen LogP contribution in [-0.2, 0) is 10.0 Å². The minimum atomic E-state index is -3.63. The van der Waals surface area contributed by atoms with Gasteiger partial charge in [0.15, 0.2) is 0 Å². The molecule has 0 saturated carbocycles. The van der Waals surface area contributed by atoms with E-state index < -0.39 is 16.1 Å². The first-order valence-electron chi connectivity index (χ1n) is 9.15. The summed E-state index contributed by atoms with van der Waals surface area (Å²) in [6, 6.07) is 14.1. The normalized spacial score (nSPS) is 16.6. The van der Waals surface area contributed by atoms with Crippen molar-refractivity contribution in [1.82, 2.24) is 9.40 Å². The molecule has 30 heavy (non-hydrogen) atoms. The van der Waals surface area contributed by atoms with E-state index in [1.165, 1.54) is 0 Å². The van der Waals surface area contributed by atoms with Crippen LogP contribution in [0.15, 0.2) is 53.6 Å². The Hall–Kier alpha value is -2.84. The van der Waals surface area contributed by atoms with E-state index in [1.54, 1.807) is 20.3 Å². The van der Waals surface area contributed by atoms with Crippen molar-refractivity contribution in [3.8, 4) is 11.5 Å². The zero-order valence-corrected chi connectivity index (χ0v) is 18.2. The zero-order valence-electron chi connectivity index (χ0n) is 16.7. The molecule has 0 fully saturated rings. The van der Waals surface area contributed by atoms with Gasteiger partial charge in [0.25, 0.3) is 0 Å². The molecule has 0 aliphatic carbocycles. The van der Waals surface area contributed by atoms with Gasteiger partial charge >= 0.3 is 0 Å². The molecule has 7 nitrogen and oxygen atoms in total. The van der Waals surface area contributed by atoms with Gasteiger partial charge in [0.2, 0.25) is 10.0 Å². The number of methoxy groups -OCH3 is 2. The molecule has 0 radical (unpaired) electrons. The topological polar surface area (TPSA) is 81.1 Å². The number of hydrazone groups is 1. The van der Waals surface area contributed by atoms with Crippen LogP contribution in [0.5, 0.6) is 11.5 Å². The molecular weight excluding hydrogens is 426 g/mol. The van der Waals surface area contributed by atoms with E-state index in [-0.39, 0.29) is 5.15 Å². The fourth-order valence-electron chi connectivity index (χ4n) is 3.50. The van der Waals surface area contributed by atoms with Gasteiger partial charge in [-0.1, -0.05) is 23.7 Å². The third-order valence-electron chi connectivity index (χ3n) is 4.98. The third kappa shape index (κ3) is 3.80. The van der Waals surface area contributed by atoms with Crippen molar-refractivity contribution in [3.05, 3.63) is 64.8 Å². The van der Waals surface area contributed by atoms with Crippen LogP contribution in [0.2, 0.25) is 5.15 Å². The van der Waals surface area contributed by atoms with Crippen LogP contribution in [0.1, 0.15) is 23.6 Å². The van der Waals surface area contributed by atoms with E-state index in [2.05, 4.69) is 10.1 Å². The van der Waals surface area contributed by atoms with Gasteiger partial charge < -0.3 is 9.47 Å². The SMILES string of the molecule is COc1cccc(C2=NN(S(C)(=O)=O)C(c3cc4ccc(OC)cc4nc3Cl)C2)c1. The minimum absolute atomic E-state index is 0.233. The van der Waals surface area contributed by atoms with Crippen LogP contribution in [0.4, 0.5) is 0 Å². The Morgan fingerprint density at radius 3 is 2.50 bits per heavy atom. The molecule has 0 bridgehead atoms. The predicted octanol–water partition coefficient (Wildman–Crippen LogP) is 4.02. The van der Waals surface area contributed by atoms with Crippen molar-refractivity contribution >= 4 is 38.2 Å². The van der Waals surface area contributed by atoms with Gasteiger partial charge in [0.05, 0.1) is 37.7 Å². The second kappa shape index (κ2) is 7.77. The van der Waals surface area contributed by atoms with E-state index >= 15 is 0 Å². The van der Waals surface area contributed by atoms with Crippen LogP contribution in [0.25, 0.3) is 10.9 Å². The molecule has 156 valence electrons. The summed E-state index contributed by atoms with van der Waals surface area (Å²) < 4.78 is 36.6. The lowest BCUT2D eigenvalue weighted by molar-refractivity contribution is 0.374. The lowest BCUT2D eigenvalue weighted by Crippen LogP contribution is -2.26. The van der Waals surface area contributed by atoms with Gasteiger partial charge in [-0.05, 0) is 30.3 Å². The van der Waals surface area contributed by atoms with Crippen molar-refractivity contribution in [2.45, 2.75) is 12.5 Å². The summed E-state index contributed by atoms with van der Waals surface area (Å²) in [5.41, 5.74) is 2.69. The Morgan fingerprint density at radius 1 is 1.07 bits per heavy atom. The number of pyridine rings is 1. The van der Waals surface area contributed by atoms with Crippen molar-refractivity contribution in [1.29, 1.82) is 0 Å². The van der Waals surface area contributed by atoms with Crippen molar-refractivity contribution < 1.29 is 17.9 Å². The number of halogens is 1. The number of hydrogen-bond acceptors (Lipinski definition) is 6. The van der Waals surface area contributed by atoms with Crippen LogP contribution in [-0.4, -0.2) is 44.0 Å². The van der Waals surface area contributed by atoms with Gasteiger partial charge in [0, 0.05) is 29.0 Å². The lowest BCUT2D eigenvalue weighted by Gasteiger charge is -2.22. The summed E-state index contributed by atoms with van der Waals surface area (Å²) >= 11 is 6.49. The predicted molar refractivity (Wildman–Crippen MR) is 117 cm³/mol. The van der Waals surface area contributed by atoms with E-state index in [9.17, 15) is 8.42 Å². The van der Waals surface area contributed by atoms with Crippen molar-refractivity contribution in [3.63, 3.8) is 0 Å². The average molecular weight is 446 g/mol. The highest BCUT2D eigenvalue weighted by Crippen LogP contribution is 2.39. The molecule has 2 aromatic carbocycles. The van der Waals surface area contributed by atoms with Gasteiger partial charge in [-0.15, -0.1) is 0 Å². The highest BCUT2D eigenvalue weighted by Gasteiger charge is 2.36. The molecule has 9 heteroatoms. The number of ether oxygens (including phenoxy) is 2. The van der Waals surface area contributed by atoms with E-state index in [4.69, 9.17) is 21.1 Å². The van der Waals surface area contributed by atoms with Crippen LogP contribution in [0, 0.1) is 0 Å². The van der Waals surface area contributed by atoms with Gasteiger partial charge in [0.1, 0.15) is 16.7 Å². The zero-order chi connectivity index (χ0) is 21.5. The first-order chi connectivity index (χ1) is 14.3. The van der Waals surface area contributed by atoms with Gasteiger partial charge in [-0.3, -0.25) is 0 Å². The summed E-state index contributed by atoms with van der Waals surface area (Å²) in [5, 5.41) is 5.48. The summed E-state index contributed by atoms with van der Waals surface area (Å²) in [4.78, 5) is 4.46. The number of sulfonamides is 1. The highest BCUT2D eigenvalue weighted by atomic mass is 35.5. The number of hydrogen-bond donors (Lipinski definition) is 0. The summed E-state index contributed by atoms with van der Waals surface area (Å²) in [5.74, 6) is 1.34.